The monoisotopic (exact) mass is 285 g/mol. The maximum absolute atomic E-state index is 11.2. The Morgan fingerprint density at radius 1 is 1.19 bits per heavy atom. The summed E-state index contributed by atoms with van der Waals surface area (Å²) in [7, 11) is 0. The van der Waals surface area contributed by atoms with Crippen LogP contribution in [0.2, 0.25) is 0 Å². The molecule has 0 fully saturated rings. The summed E-state index contributed by atoms with van der Waals surface area (Å²) in [4.78, 5) is 11.2. The van der Waals surface area contributed by atoms with Gasteiger partial charge in [-0.25, -0.2) is 0 Å². The van der Waals surface area contributed by atoms with E-state index in [1.807, 2.05) is 36.4 Å². The van der Waals surface area contributed by atoms with Crippen molar-refractivity contribution < 1.29 is 19.0 Å². The first kappa shape index (κ1) is 13.3. The van der Waals surface area contributed by atoms with Crippen molar-refractivity contribution in [3.8, 4) is 17.2 Å². The topological polar surface area (TPSA) is 56.8 Å². The molecule has 0 aliphatic carbocycles. The molecule has 1 amide bonds. The van der Waals surface area contributed by atoms with Gasteiger partial charge in [0, 0.05) is 6.92 Å². The lowest BCUT2D eigenvalue weighted by Gasteiger charge is -2.11. The number of fused-ring (bicyclic) bond motifs is 1. The maximum Gasteiger partial charge on any atom is 0.231 e. The summed E-state index contributed by atoms with van der Waals surface area (Å²) in [5.74, 6) is 1.98. The van der Waals surface area contributed by atoms with Crippen LogP contribution in [-0.2, 0) is 11.4 Å². The molecule has 0 aromatic heterocycles. The lowest BCUT2D eigenvalue weighted by Crippen LogP contribution is -2.07. The Morgan fingerprint density at radius 2 is 2.00 bits per heavy atom. The van der Waals surface area contributed by atoms with Gasteiger partial charge in [0.05, 0.1) is 5.69 Å². The van der Waals surface area contributed by atoms with E-state index in [2.05, 4.69) is 5.32 Å². The zero-order valence-electron chi connectivity index (χ0n) is 11.6. The molecule has 0 saturated heterocycles. The Hall–Kier alpha value is -2.69. The molecule has 0 spiro atoms. The fourth-order valence-corrected chi connectivity index (χ4v) is 2.08. The fourth-order valence-electron chi connectivity index (χ4n) is 2.08. The van der Waals surface area contributed by atoms with E-state index in [9.17, 15) is 4.79 Å². The summed E-state index contributed by atoms with van der Waals surface area (Å²) < 4.78 is 16.4. The van der Waals surface area contributed by atoms with Gasteiger partial charge in [-0.1, -0.05) is 18.2 Å². The highest BCUT2D eigenvalue weighted by Crippen LogP contribution is 2.33. The minimum atomic E-state index is -0.130. The average Bonchev–Trinajstić information content (AvgIpc) is 2.93. The molecule has 3 rings (SSSR count). The molecule has 0 bridgehead atoms. The van der Waals surface area contributed by atoms with E-state index in [1.165, 1.54) is 6.92 Å². The van der Waals surface area contributed by atoms with E-state index in [4.69, 9.17) is 14.2 Å². The third kappa shape index (κ3) is 3.08. The molecule has 1 heterocycles. The third-order valence-electron chi connectivity index (χ3n) is 3.03. The largest absolute Gasteiger partial charge is 0.487 e. The van der Waals surface area contributed by atoms with Gasteiger partial charge < -0.3 is 19.5 Å². The van der Waals surface area contributed by atoms with Crippen molar-refractivity contribution in [2.75, 3.05) is 12.1 Å². The van der Waals surface area contributed by atoms with Gasteiger partial charge in [0.2, 0.25) is 12.7 Å². The smallest absolute Gasteiger partial charge is 0.231 e. The molecule has 1 aliphatic heterocycles. The SMILES string of the molecule is CC(=O)Nc1ccccc1OCc1ccc2c(c1)OCO2. The molecule has 0 atom stereocenters. The highest BCUT2D eigenvalue weighted by molar-refractivity contribution is 5.90. The molecular formula is C16H15NO4. The van der Waals surface area contributed by atoms with E-state index in [-0.39, 0.29) is 12.7 Å². The van der Waals surface area contributed by atoms with Crippen LogP contribution in [-0.4, -0.2) is 12.7 Å². The standard InChI is InChI=1S/C16H15NO4/c1-11(18)17-13-4-2-3-5-14(13)19-9-12-6-7-15-16(8-12)21-10-20-15/h2-8H,9-10H2,1H3,(H,17,18). The molecule has 108 valence electrons. The quantitative estimate of drug-likeness (QED) is 0.938. The van der Waals surface area contributed by atoms with E-state index in [1.54, 1.807) is 6.07 Å². The molecule has 0 radical (unpaired) electrons. The van der Waals surface area contributed by atoms with E-state index in [0.717, 1.165) is 17.1 Å². The number of carbonyl (C=O) groups excluding carboxylic acids is 1. The molecule has 0 saturated carbocycles. The van der Waals surface area contributed by atoms with Crippen LogP contribution >= 0.6 is 0 Å². The molecular weight excluding hydrogens is 270 g/mol. The molecule has 1 aliphatic rings. The van der Waals surface area contributed by atoms with Crippen molar-refractivity contribution in [1.82, 2.24) is 0 Å². The van der Waals surface area contributed by atoms with Crippen molar-refractivity contribution in [1.29, 1.82) is 0 Å². The Balaban J connectivity index is 1.71. The van der Waals surface area contributed by atoms with Crippen molar-refractivity contribution in [3.63, 3.8) is 0 Å². The Morgan fingerprint density at radius 3 is 2.86 bits per heavy atom. The zero-order valence-corrected chi connectivity index (χ0v) is 11.6. The molecule has 0 unspecified atom stereocenters. The predicted octanol–water partition coefficient (Wildman–Crippen LogP) is 2.95. The number of hydrogen-bond donors (Lipinski definition) is 1. The number of benzene rings is 2. The summed E-state index contributed by atoms with van der Waals surface area (Å²) >= 11 is 0. The first-order valence-electron chi connectivity index (χ1n) is 6.60. The van der Waals surface area contributed by atoms with Gasteiger partial charge in [0.25, 0.3) is 0 Å². The second-order valence-electron chi connectivity index (χ2n) is 4.65. The van der Waals surface area contributed by atoms with Crippen LogP contribution < -0.4 is 19.5 Å². The van der Waals surface area contributed by atoms with Gasteiger partial charge in [-0.3, -0.25) is 4.79 Å². The fraction of sp³-hybridized carbons (Fsp3) is 0.188. The number of para-hydroxylation sites is 2. The van der Waals surface area contributed by atoms with Crippen molar-refractivity contribution in [2.24, 2.45) is 0 Å². The van der Waals surface area contributed by atoms with Crippen LogP contribution in [0.5, 0.6) is 17.2 Å². The molecule has 2 aromatic rings. The Labute approximate surface area is 122 Å². The van der Waals surface area contributed by atoms with E-state index < -0.39 is 0 Å². The summed E-state index contributed by atoms with van der Waals surface area (Å²) in [5, 5.41) is 2.74. The van der Waals surface area contributed by atoms with Crippen LogP contribution in [0.4, 0.5) is 5.69 Å². The first-order chi connectivity index (χ1) is 10.2. The van der Waals surface area contributed by atoms with Crippen molar-refractivity contribution >= 4 is 11.6 Å². The molecule has 1 N–H and O–H groups in total. The lowest BCUT2D eigenvalue weighted by atomic mass is 10.2. The minimum Gasteiger partial charge on any atom is -0.487 e. The van der Waals surface area contributed by atoms with Crippen LogP contribution in [0.3, 0.4) is 0 Å². The Bertz CT molecular complexity index is 669. The predicted molar refractivity (Wildman–Crippen MR) is 77.6 cm³/mol. The van der Waals surface area contributed by atoms with Gasteiger partial charge in [0.1, 0.15) is 12.4 Å². The van der Waals surface area contributed by atoms with Gasteiger partial charge in [-0.05, 0) is 29.8 Å². The van der Waals surface area contributed by atoms with Crippen LogP contribution in [0.25, 0.3) is 0 Å². The van der Waals surface area contributed by atoms with Crippen LogP contribution in [0, 0.1) is 0 Å². The number of ether oxygens (including phenoxy) is 3. The molecule has 21 heavy (non-hydrogen) atoms. The van der Waals surface area contributed by atoms with Gasteiger partial charge in [0.15, 0.2) is 11.5 Å². The zero-order chi connectivity index (χ0) is 14.7. The minimum absolute atomic E-state index is 0.130. The summed E-state index contributed by atoms with van der Waals surface area (Å²) in [6.07, 6.45) is 0. The normalized spacial score (nSPS) is 12.0. The number of anilines is 1. The number of rotatable bonds is 4. The third-order valence-corrected chi connectivity index (χ3v) is 3.03. The van der Waals surface area contributed by atoms with Gasteiger partial charge in [-0.15, -0.1) is 0 Å². The molecule has 5 nitrogen and oxygen atoms in total. The summed E-state index contributed by atoms with van der Waals surface area (Å²) in [5.41, 5.74) is 1.63. The number of carbonyl (C=O) groups is 1. The number of amides is 1. The molecule has 2 aromatic carbocycles. The Kier molecular flexibility index (Phi) is 3.64. The molecule has 5 heteroatoms. The van der Waals surface area contributed by atoms with Crippen molar-refractivity contribution in [3.05, 3.63) is 48.0 Å². The van der Waals surface area contributed by atoms with Crippen molar-refractivity contribution in [2.45, 2.75) is 13.5 Å². The van der Waals surface area contributed by atoms with Crippen LogP contribution in [0.1, 0.15) is 12.5 Å². The number of hydrogen-bond acceptors (Lipinski definition) is 4. The highest BCUT2D eigenvalue weighted by Gasteiger charge is 2.13. The maximum atomic E-state index is 11.2. The van der Waals surface area contributed by atoms with Gasteiger partial charge >= 0.3 is 0 Å². The first-order valence-corrected chi connectivity index (χ1v) is 6.60. The van der Waals surface area contributed by atoms with E-state index >= 15 is 0 Å². The highest BCUT2D eigenvalue weighted by atomic mass is 16.7. The summed E-state index contributed by atoms with van der Waals surface area (Å²) in [6, 6.07) is 13.0. The average molecular weight is 285 g/mol. The van der Waals surface area contributed by atoms with E-state index in [0.29, 0.717) is 18.0 Å². The second kappa shape index (κ2) is 5.75. The number of nitrogens with one attached hydrogen (secondary N) is 1. The van der Waals surface area contributed by atoms with Gasteiger partial charge in [-0.2, -0.15) is 0 Å². The van der Waals surface area contributed by atoms with Crippen LogP contribution in [0.15, 0.2) is 42.5 Å². The lowest BCUT2D eigenvalue weighted by molar-refractivity contribution is -0.114. The summed E-state index contributed by atoms with van der Waals surface area (Å²) in [6.45, 7) is 2.10. The second-order valence-corrected chi connectivity index (χ2v) is 4.65.